The van der Waals surface area contributed by atoms with Crippen LogP contribution >= 0.6 is 0 Å². The van der Waals surface area contributed by atoms with Crippen molar-refractivity contribution in [2.45, 2.75) is 72.3 Å². The van der Waals surface area contributed by atoms with Crippen molar-refractivity contribution in [3.8, 4) is 0 Å². The Balaban J connectivity index is 2.53. The Hall–Kier alpha value is -0.0400. The lowest BCUT2D eigenvalue weighted by molar-refractivity contribution is 0.303. The third-order valence-corrected chi connectivity index (χ3v) is 4.55. The number of nitrogens with two attached hydrogens (primary N) is 1. The minimum absolute atomic E-state index is 0.451. The van der Waals surface area contributed by atoms with Crippen molar-refractivity contribution >= 4 is 0 Å². The summed E-state index contributed by atoms with van der Waals surface area (Å²) in [6, 6.07) is 0.451. The van der Waals surface area contributed by atoms with Gasteiger partial charge >= 0.3 is 0 Å². The van der Waals surface area contributed by atoms with Crippen LogP contribution in [0.3, 0.4) is 0 Å². The highest BCUT2D eigenvalue weighted by atomic mass is 14.6. The molecule has 16 heavy (non-hydrogen) atoms. The minimum Gasteiger partial charge on any atom is -0.328 e. The van der Waals surface area contributed by atoms with E-state index in [0.29, 0.717) is 6.04 Å². The van der Waals surface area contributed by atoms with Crippen molar-refractivity contribution in [2.75, 3.05) is 0 Å². The summed E-state index contributed by atoms with van der Waals surface area (Å²) in [5, 5.41) is 0. The zero-order valence-electron chi connectivity index (χ0n) is 11.7. The molecule has 0 radical (unpaired) electrons. The smallest absolute Gasteiger partial charge is 0.00416 e. The standard InChI is InChI=1S/C15H31N/c1-11(2)13-6-5-7-14(12(3)4)10-15(16)9-8-13/h11-15H,5-10,16H2,1-4H3. The second-order valence-electron chi connectivity index (χ2n) is 6.51. The van der Waals surface area contributed by atoms with Crippen molar-refractivity contribution in [1.29, 1.82) is 0 Å². The van der Waals surface area contributed by atoms with Gasteiger partial charge in [0.15, 0.2) is 0 Å². The van der Waals surface area contributed by atoms with E-state index in [9.17, 15) is 0 Å². The lowest BCUT2D eigenvalue weighted by Crippen LogP contribution is -2.25. The second kappa shape index (κ2) is 6.64. The van der Waals surface area contributed by atoms with Crippen LogP contribution in [-0.2, 0) is 0 Å². The topological polar surface area (TPSA) is 26.0 Å². The van der Waals surface area contributed by atoms with E-state index in [1.807, 2.05) is 0 Å². The summed E-state index contributed by atoms with van der Waals surface area (Å²) in [5.41, 5.74) is 6.26. The predicted octanol–water partition coefficient (Wildman–Crippen LogP) is 4.21. The van der Waals surface area contributed by atoms with E-state index in [-0.39, 0.29) is 0 Å². The van der Waals surface area contributed by atoms with E-state index in [1.54, 1.807) is 0 Å². The number of hydrogen-bond acceptors (Lipinski definition) is 1. The summed E-state index contributed by atoms with van der Waals surface area (Å²) in [7, 11) is 0. The molecule has 0 heterocycles. The van der Waals surface area contributed by atoms with Gasteiger partial charge in [0, 0.05) is 6.04 Å². The van der Waals surface area contributed by atoms with Crippen molar-refractivity contribution in [3.05, 3.63) is 0 Å². The normalized spacial score (nSPS) is 33.6. The van der Waals surface area contributed by atoms with Gasteiger partial charge in [0.2, 0.25) is 0 Å². The zero-order valence-corrected chi connectivity index (χ0v) is 11.7. The third kappa shape index (κ3) is 4.45. The molecule has 0 bridgehead atoms. The molecule has 0 amide bonds. The lowest BCUT2D eigenvalue weighted by atomic mass is 9.85. The Morgan fingerprint density at radius 3 is 1.94 bits per heavy atom. The molecular formula is C15H31N. The highest BCUT2D eigenvalue weighted by Gasteiger charge is 2.22. The molecule has 0 saturated heterocycles. The third-order valence-electron chi connectivity index (χ3n) is 4.55. The van der Waals surface area contributed by atoms with Gasteiger partial charge in [0.25, 0.3) is 0 Å². The summed E-state index contributed by atoms with van der Waals surface area (Å²) >= 11 is 0. The van der Waals surface area contributed by atoms with Gasteiger partial charge in [0.1, 0.15) is 0 Å². The van der Waals surface area contributed by atoms with E-state index >= 15 is 0 Å². The summed E-state index contributed by atoms with van der Waals surface area (Å²) in [4.78, 5) is 0. The van der Waals surface area contributed by atoms with E-state index in [0.717, 1.165) is 23.7 Å². The molecule has 0 aromatic rings. The number of hydrogen-bond donors (Lipinski definition) is 1. The molecule has 2 N–H and O–H groups in total. The first kappa shape index (κ1) is 14.0. The Bertz CT molecular complexity index is 186. The lowest BCUT2D eigenvalue weighted by Gasteiger charge is -2.23. The average Bonchev–Trinajstić information content (AvgIpc) is 2.28. The van der Waals surface area contributed by atoms with Crippen LogP contribution in [0, 0.1) is 23.7 Å². The van der Waals surface area contributed by atoms with E-state index in [1.165, 1.54) is 38.5 Å². The van der Waals surface area contributed by atoms with Crippen LogP contribution < -0.4 is 5.73 Å². The molecule has 1 rings (SSSR count). The van der Waals surface area contributed by atoms with Crippen LogP contribution in [0.15, 0.2) is 0 Å². The Morgan fingerprint density at radius 1 is 0.812 bits per heavy atom. The van der Waals surface area contributed by atoms with Gasteiger partial charge in [-0.2, -0.15) is 0 Å². The fourth-order valence-corrected chi connectivity index (χ4v) is 3.11. The van der Waals surface area contributed by atoms with Crippen LogP contribution in [0.25, 0.3) is 0 Å². The first-order valence-electron chi connectivity index (χ1n) is 7.26. The van der Waals surface area contributed by atoms with Gasteiger partial charge in [-0.15, -0.1) is 0 Å². The van der Waals surface area contributed by atoms with Crippen LogP contribution in [0.2, 0.25) is 0 Å². The molecule has 0 aromatic heterocycles. The Kier molecular flexibility index (Phi) is 5.82. The maximum absolute atomic E-state index is 6.26. The fraction of sp³-hybridized carbons (Fsp3) is 1.00. The molecule has 0 spiro atoms. The minimum atomic E-state index is 0.451. The molecular weight excluding hydrogens is 194 g/mol. The Labute approximate surface area is 102 Å². The molecule has 3 atom stereocenters. The second-order valence-corrected chi connectivity index (χ2v) is 6.51. The van der Waals surface area contributed by atoms with E-state index in [2.05, 4.69) is 27.7 Å². The molecule has 1 aliphatic rings. The maximum atomic E-state index is 6.26. The molecule has 3 unspecified atom stereocenters. The van der Waals surface area contributed by atoms with E-state index in [4.69, 9.17) is 5.73 Å². The van der Waals surface area contributed by atoms with Crippen molar-refractivity contribution in [3.63, 3.8) is 0 Å². The Morgan fingerprint density at radius 2 is 1.38 bits per heavy atom. The summed E-state index contributed by atoms with van der Waals surface area (Å²) in [6.45, 7) is 9.45. The van der Waals surface area contributed by atoms with Crippen LogP contribution in [0.1, 0.15) is 66.2 Å². The van der Waals surface area contributed by atoms with Crippen molar-refractivity contribution in [1.82, 2.24) is 0 Å². The monoisotopic (exact) mass is 225 g/mol. The summed E-state index contributed by atoms with van der Waals surface area (Å²) in [6.07, 6.45) is 8.08. The van der Waals surface area contributed by atoms with Gasteiger partial charge in [-0.1, -0.05) is 47.0 Å². The van der Waals surface area contributed by atoms with Crippen molar-refractivity contribution in [2.24, 2.45) is 29.4 Å². The van der Waals surface area contributed by atoms with Crippen LogP contribution in [-0.4, -0.2) is 6.04 Å². The first-order valence-corrected chi connectivity index (χ1v) is 7.26. The van der Waals surface area contributed by atoms with Crippen LogP contribution in [0.5, 0.6) is 0 Å². The highest BCUT2D eigenvalue weighted by molar-refractivity contribution is 4.76. The first-order chi connectivity index (χ1) is 7.50. The fourth-order valence-electron chi connectivity index (χ4n) is 3.11. The van der Waals surface area contributed by atoms with Gasteiger partial charge < -0.3 is 5.73 Å². The molecule has 1 aliphatic carbocycles. The summed E-state index contributed by atoms with van der Waals surface area (Å²) in [5.74, 6) is 3.42. The maximum Gasteiger partial charge on any atom is 0.00416 e. The van der Waals surface area contributed by atoms with Gasteiger partial charge in [0.05, 0.1) is 0 Å². The van der Waals surface area contributed by atoms with Gasteiger partial charge in [-0.25, -0.2) is 0 Å². The SMILES string of the molecule is CC(C)C1CCCC(C(C)C)CC(N)CC1. The largest absolute Gasteiger partial charge is 0.328 e. The molecule has 1 fully saturated rings. The summed E-state index contributed by atoms with van der Waals surface area (Å²) < 4.78 is 0. The molecule has 96 valence electrons. The average molecular weight is 225 g/mol. The molecule has 1 nitrogen and oxygen atoms in total. The van der Waals surface area contributed by atoms with Crippen molar-refractivity contribution < 1.29 is 0 Å². The molecule has 1 saturated carbocycles. The van der Waals surface area contributed by atoms with E-state index < -0.39 is 0 Å². The van der Waals surface area contributed by atoms with Gasteiger partial charge in [-0.05, 0) is 42.9 Å². The quantitative estimate of drug-likeness (QED) is 0.748. The zero-order chi connectivity index (χ0) is 12.1. The van der Waals surface area contributed by atoms with Gasteiger partial charge in [-0.3, -0.25) is 0 Å². The predicted molar refractivity (Wildman–Crippen MR) is 72.3 cm³/mol. The molecule has 1 heteroatoms. The highest BCUT2D eigenvalue weighted by Crippen LogP contribution is 2.31. The van der Waals surface area contributed by atoms with Crippen LogP contribution in [0.4, 0.5) is 0 Å². The number of rotatable bonds is 2. The molecule has 0 aromatic carbocycles. The molecule has 0 aliphatic heterocycles.